The van der Waals surface area contributed by atoms with Gasteiger partial charge in [-0.1, -0.05) is 30.3 Å². The molecule has 0 aliphatic carbocycles. The molecule has 1 aliphatic heterocycles. The third-order valence-electron chi connectivity index (χ3n) is 5.53. The van der Waals surface area contributed by atoms with Crippen molar-refractivity contribution < 1.29 is 9.53 Å². The number of carbonyl (C=O) groups is 1. The Morgan fingerprint density at radius 3 is 2.50 bits per heavy atom. The number of halogens is 1. The van der Waals surface area contributed by atoms with Gasteiger partial charge >= 0.3 is 5.97 Å². The van der Waals surface area contributed by atoms with Crippen molar-refractivity contribution in [2.45, 2.75) is 33.4 Å². The number of anilines is 2. The number of benzene rings is 3. The van der Waals surface area contributed by atoms with Crippen molar-refractivity contribution in [3.8, 4) is 0 Å². The first kappa shape index (κ1) is 20.5. The van der Waals surface area contributed by atoms with Crippen LogP contribution in [0.15, 0.2) is 59.1 Å². The topological polar surface area (TPSA) is 50.4 Å². The van der Waals surface area contributed by atoms with Gasteiger partial charge in [0, 0.05) is 40.1 Å². The zero-order valence-corrected chi connectivity index (χ0v) is 19.0. The number of nitrogens with one attached hydrogen (secondary N) is 2. The van der Waals surface area contributed by atoms with E-state index in [2.05, 4.69) is 82.9 Å². The second kappa shape index (κ2) is 8.52. The highest BCUT2D eigenvalue weighted by molar-refractivity contribution is 9.10. The van der Waals surface area contributed by atoms with Gasteiger partial charge < -0.3 is 15.4 Å². The van der Waals surface area contributed by atoms with E-state index in [9.17, 15) is 4.79 Å². The summed E-state index contributed by atoms with van der Waals surface area (Å²) in [6.45, 7) is 7.76. The van der Waals surface area contributed by atoms with Crippen LogP contribution in [0.3, 0.4) is 0 Å². The first-order valence-corrected chi connectivity index (χ1v) is 10.9. The molecule has 30 heavy (non-hydrogen) atoms. The Bertz CT molecular complexity index is 1110. The quantitative estimate of drug-likeness (QED) is 0.416. The molecule has 3 aromatic carbocycles. The molecule has 0 amide bonds. The summed E-state index contributed by atoms with van der Waals surface area (Å²) in [6, 6.07) is 18.5. The molecule has 1 unspecified atom stereocenters. The van der Waals surface area contributed by atoms with Crippen LogP contribution < -0.4 is 10.6 Å². The number of rotatable bonds is 6. The summed E-state index contributed by atoms with van der Waals surface area (Å²) in [5.74, 6) is -0.275. The summed E-state index contributed by atoms with van der Waals surface area (Å²) < 4.78 is 6.69. The van der Waals surface area contributed by atoms with E-state index in [-0.39, 0.29) is 12.1 Å². The molecule has 0 spiro atoms. The van der Waals surface area contributed by atoms with Crippen molar-refractivity contribution in [1.29, 1.82) is 0 Å². The average molecular weight is 465 g/mol. The van der Waals surface area contributed by atoms with E-state index >= 15 is 0 Å². The van der Waals surface area contributed by atoms with E-state index in [0.717, 1.165) is 45.6 Å². The number of carbonyl (C=O) groups excluding carboxylic acids is 1. The largest absolute Gasteiger partial charge is 0.449 e. The Labute approximate surface area is 185 Å². The van der Waals surface area contributed by atoms with E-state index in [4.69, 9.17) is 4.74 Å². The fourth-order valence-corrected chi connectivity index (χ4v) is 4.36. The number of ether oxygens (including phenoxy) is 1. The van der Waals surface area contributed by atoms with Gasteiger partial charge in [-0.15, -0.1) is 0 Å². The molecule has 2 N–H and O–H groups in total. The molecule has 3 aromatic rings. The standard InChI is InChI=1S/C25H25BrN2O2/c1-4-27-23-13-21-20(12-22(23)26)24(30-25(21)29)19-10-9-18(11-16(19)3)28-14-17-8-6-5-7-15(17)2/h5-13,24,27-28H,4,14H2,1-3H3. The highest BCUT2D eigenvalue weighted by Crippen LogP contribution is 2.41. The lowest BCUT2D eigenvalue weighted by Gasteiger charge is -2.17. The summed E-state index contributed by atoms with van der Waals surface area (Å²) in [7, 11) is 0. The van der Waals surface area contributed by atoms with Crippen LogP contribution in [0.4, 0.5) is 11.4 Å². The Kier molecular flexibility index (Phi) is 5.82. The first-order chi connectivity index (χ1) is 14.5. The molecular weight excluding hydrogens is 440 g/mol. The second-order valence-corrected chi connectivity index (χ2v) is 8.44. The molecule has 0 saturated carbocycles. The lowest BCUT2D eigenvalue weighted by molar-refractivity contribution is 0.0455. The molecule has 0 aromatic heterocycles. The van der Waals surface area contributed by atoms with Crippen LogP contribution >= 0.6 is 15.9 Å². The van der Waals surface area contributed by atoms with Crippen LogP contribution in [0, 0.1) is 13.8 Å². The van der Waals surface area contributed by atoms with Gasteiger partial charge in [0.25, 0.3) is 0 Å². The minimum absolute atomic E-state index is 0.275. The van der Waals surface area contributed by atoms with Gasteiger partial charge in [0.15, 0.2) is 6.10 Å². The molecule has 1 aliphatic rings. The minimum Gasteiger partial charge on any atom is -0.449 e. The van der Waals surface area contributed by atoms with E-state index in [1.54, 1.807) is 0 Å². The van der Waals surface area contributed by atoms with Gasteiger partial charge in [-0.2, -0.15) is 0 Å². The predicted octanol–water partition coefficient (Wildman–Crippen LogP) is 6.37. The van der Waals surface area contributed by atoms with Crippen LogP contribution in [-0.4, -0.2) is 12.5 Å². The van der Waals surface area contributed by atoms with E-state index < -0.39 is 0 Å². The van der Waals surface area contributed by atoms with Gasteiger partial charge in [-0.3, -0.25) is 0 Å². The Balaban J connectivity index is 1.58. The van der Waals surface area contributed by atoms with Crippen molar-refractivity contribution in [2.24, 2.45) is 0 Å². The monoisotopic (exact) mass is 464 g/mol. The first-order valence-electron chi connectivity index (χ1n) is 10.1. The molecule has 5 heteroatoms. The van der Waals surface area contributed by atoms with Gasteiger partial charge in [-0.05, 0) is 77.7 Å². The highest BCUT2D eigenvalue weighted by atomic mass is 79.9. The molecule has 0 radical (unpaired) electrons. The highest BCUT2D eigenvalue weighted by Gasteiger charge is 2.34. The zero-order valence-electron chi connectivity index (χ0n) is 17.4. The SMILES string of the molecule is CCNc1cc2c(cc1Br)C(c1ccc(NCc3ccccc3C)cc1C)OC2=O. The van der Waals surface area contributed by atoms with Gasteiger partial charge in [0.05, 0.1) is 5.56 Å². The molecule has 0 fully saturated rings. The average Bonchev–Trinajstić information content (AvgIpc) is 3.03. The predicted molar refractivity (Wildman–Crippen MR) is 125 cm³/mol. The summed E-state index contributed by atoms with van der Waals surface area (Å²) in [4.78, 5) is 12.5. The Hall–Kier alpha value is -2.79. The molecule has 154 valence electrons. The summed E-state index contributed by atoms with van der Waals surface area (Å²) >= 11 is 3.61. The number of hydrogen-bond donors (Lipinski definition) is 2. The maximum absolute atomic E-state index is 12.5. The van der Waals surface area contributed by atoms with Crippen LogP contribution in [0.25, 0.3) is 0 Å². The molecule has 0 saturated heterocycles. The molecule has 1 atom stereocenters. The number of fused-ring (bicyclic) bond motifs is 1. The van der Waals surface area contributed by atoms with E-state index in [1.165, 1.54) is 11.1 Å². The normalized spacial score (nSPS) is 14.9. The van der Waals surface area contributed by atoms with Crippen molar-refractivity contribution >= 4 is 33.3 Å². The molecule has 4 rings (SSSR count). The zero-order chi connectivity index (χ0) is 21.3. The maximum atomic E-state index is 12.5. The number of esters is 1. The Morgan fingerprint density at radius 2 is 1.77 bits per heavy atom. The second-order valence-electron chi connectivity index (χ2n) is 7.59. The van der Waals surface area contributed by atoms with Crippen molar-refractivity contribution in [1.82, 2.24) is 0 Å². The third-order valence-corrected chi connectivity index (χ3v) is 6.19. The minimum atomic E-state index is -0.384. The molecule has 0 bridgehead atoms. The smallest absolute Gasteiger partial charge is 0.339 e. The van der Waals surface area contributed by atoms with Gasteiger partial charge in [-0.25, -0.2) is 4.79 Å². The van der Waals surface area contributed by atoms with Crippen LogP contribution in [0.1, 0.15) is 51.2 Å². The van der Waals surface area contributed by atoms with E-state index in [1.807, 2.05) is 19.1 Å². The van der Waals surface area contributed by atoms with Gasteiger partial charge in [0.2, 0.25) is 0 Å². The summed E-state index contributed by atoms with van der Waals surface area (Å²) in [6.07, 6.45) is -0.384. The number of cyclic esters (lactones) is 1. The summed E-state index contributed by atoms with van der Waals surface area (Å²) in [5, 5.41) is 6.76. The number of hydrogen-bond acceptors (Lipinski definition) is 4. The maximum Gasteiger partial charge on any atom is 0.339 e. The van der Waals surface area contributed by atoms with Crippen molar-refractivity contribution in [3.05, 3.63) is 92.5 Å². The summed E-state index contributed by atoms with van der Waals surface area (Å²) in [5.41, 5.74) is 8.12. The fraction of sp³-hybridized carbons (Fsp3) is 0.240. The third kappa shape index (κ3) is 3.94. The van der Waals surface area contributed by atoms with Crippen molar-refractivity contribution in [2.75, 3.05) is 17.2 Å². The fourth-order valence-electron chi connectivity index (χ4n) is 3.86. The van der Waals surface area contributed by atoms with Crippen LogP contribution in [0.2, 0.25) is 0 Å². The molecular formula is C25H25BrN2O2. The van der Waals surface area contributed by atoms with Crippen LogP contribution in [0.5, 0.6) is 0 Å². The lowest BCUT2D eigenvalue weighted by atomic mass is 9.95. The van der Waals surface area contributed by atoms with Crippen LogP contribution in [-0.2, 0) is 11.3 Å². The van der Waals surface area contributed by atoms with Gasteiger partial charge in [0.1, 0.15) is 0 Å². The Morgan fingerprint density at radius 1 is 0.967 bits per heavy atom. The number of aryl methyl sites for hydroxylation is 2. The molecule has 1 heterocycles. The van der Waals surface area contributed by atoms with E-state index in [0.29, 0.717) is 5.56 Å². The van der Waals surface area contributed by atoms with Crippen molar-refractivity contribution in [3.63, 3.8) is 0 Å². The molecule has 4 nitrogen and oxygen atoms in total. The lowest BCUT2D eigenvalue weighted by Crippen LogP contribution is -2.05.